The number of pyridine rings is 1. The normalized spacial score (nSPS) is 10.4. The molecule has 0 aromatic carbocycles. The van der Waals surface area contributed by atoms with E-state index in [9.17, 15) is 0 Å². The minimum Gasteiger partial charge on any atom is -0.265 e. The van der Waals surface area contributed by atoms with Crippen molar-refractivity contribution in [1.29, 1.82) is 0 Å². The zero-order chi connectivity index (χ0) is 10.1. The number of aromatic nitrogens is 1. The molecule has 0 amide bonds. The highest BCUT2D eigenvalue weighted by atomic mass is 35.5. The fourth-order valence-corrected chi connectivity index (χ4v) is 1.69. The zero-order valence-electron chi connectivity index (χ0n) is 8.58. The van der Waals surface area contributed by atoms with Crippen LogP contribution in [0.5, 0.6) is 0 Å². The van der Waals surface area contributed by atoms with E-state index in [1.165, 1.54) is 37.7 Å². The Bertz CT molecular complexity index is 223. The van der Waals surface area contributed by atoms with E-state index in [2.05, 4.69) is 17.1 Å². The van der Waals surface area contributed by atoms with Gasteiger partial charge in [-0.1, -0.05) is 19.3 Å². The van der Waals surface area contributed by atoms with Crippen LogP contribution < -0.4 is 0 Å². The number of rotatable bonds is 7. The molecule has 0 unspecified atom stereocenters. The molecule has 2 heteroatoms. The maximum absolute atomic E-state index is 5.60. The van der Waals surface area contributed by atoms with Crippen molar-refractivity contribution in [3.8, 4) is 0 Å². The fourth-order valence-electron chi connectivity index (χ4n) is 1.50. The third-order valence-corrected chi connectivity index (χ3v) is 2.62. The molecule has 0 aliphatic carbocycles. The maximum Gasteiger partial charge on any atom is 0.0270 e. The summed E-state index contributed by atoms with van der Waals surface area (Å²) in [6, 6.07) is 4.19. The average molecular weight is 212 g/mol. The first-order valence-electron chi connectivity index (χ1n) is 5.38. The van der Waals surface area contributed by atoms with Gasteiger partial charge >= 0.3 is 0 Å². The number of nitrogens with zero attached hydrogens (tertiary/aromatic N) is 1. The van der Waals surface area contributed by atoms with E-state index < -0.39 is 0 Å². The van der Waals surface area contributed by atoms with E-state index in [-0.39, 0.29) is 0 Å². The topological polar surface area (TPSA) is 12.9 Å². The molecule has 0 aliphatic rings. The van der Waals surface area contributed by atoms with Crippen molar-refractivity contribution in [3.05, 3.63) is 30.1 Å². The molecule has 1 rings (SSSR count). The zero-order valence-corrected chi connectivity index (χ0v) is 9.34. The molecule has 1 heterocycles. The summed E-state index contributed by atoms with van der Waals surface area (Å²) >= 11 is 5.60. The number of unbranched alkanes of at least 4 members (excludes halogenated alkanes) is 4. The van der Waals surface area contributed by atoms with E-state index in [1.54, 1.807) is 0 Å². The van der Waals surface area contributed by atoms with Crippen LogP contribution in [-0.2, 0) is 6.42 Å². The van der Waals surface area contributed by atoms with E-state index in [1.807, 2.05) is 12.4 Å². The molecule has 0 saturated carbocycles. The minimum absolute atomic E-state index is 0.810. The lowest BCUT2D eigenvalue weighted by atomic mass is 10.1. The minimum atomic E-state index is 0.810. The highest BCUT2D eigenvalue weighted by molar-refractivity contribution is 6.17. The summed E-state index contributed by atoms with van der Waals surface area (Å²) in [7, 11) is 0. The molecule has 14 heavy (non-hydrogen) atoms. The molecule has 78 valence electrons. The third kappa shape index (κ3) is 5.23. The smallest absolute Gasteiger partial charge is 0.0270 e. The van der Waals surface area contributed by atoms with E-state index in [0.717, 1.165) is 12.3 Å². The average Bonchev–Trinajstić information content (AvgIpc) is 2.25. The molecule has 0 aliphatic heterocycles. The second kappa shape index (κ2) is 7.81. The highest BCUT2D eigenvalue weighted by Crippen LogP contribution is 2.08. The Labute approximate surface area is 91.5 Å². The summed E-state index contributed by atoms with van der Waals surface area (Å²) in [6.45, 7) is 0. The standard InChI is InChI=1S/C12H18ClN/c13-9-5-3-1-2-4-6-12-7-10-14-11-8-12/h7-8,10-11H,1-6,9H2. The van der Waals surface area contributed by atoms with Crippen molar-refractivity contribution in [2.75, 3.05) is 5.88 Å². The molecule has 0 bridgehead atoms. The third-order valence-electron chi connectivity index (χ3n) is 2.35. The van der Waals surface area contributed by atoms with Gasteiger partial charge in [-0.25, -0.2) is 0 Å². The Morgan fingerprint density at radius 2 is 1.57 bits per heavy atom. The first-order valence-corrected chi connectivity index (χ1v) is 5.92. The molecular formula is C12H18ClN. The SMILES string of the molecule is ClCCCCCCCc1ccncc1. The van der Waals surface area contributed by atoms with E-state index in [4.69, 9.17) is 11.6 Å². The Morgan fingerprint density at radius 1 is 0.929 bits per heavy atom. The summed E-state index contributed by atoms with van der Waals surface area (Å²) in [6.07, 6.45) is 11.3. The number of hydrogen-bond donors (Lipinski definition) is 0. The van der Waals surface area contributed by atoms with Crippen molar-refractivity contribution >= 4 is 11.6 Å². The van der Waals surface area contributed by atoms with Gasteiger partial charge in [0.25, 0.3) is 0 Å². The lowest BCUT2D eigenvalue weighted by Gasteiger charge is -2.00. The maximum atomic E-state index is 5.60. The molecular weight excluding hydrogens is 194 g/mol. The van der Waals surface area contributed by atoms with Crippen molar-refractivity contribution in [3.63, 3.8) is 0 Å². The van der Waals surface area contributed by atoms with Crippen LogP contribution in [-0.4, -0.2) is 10.9 Å². The molecule has 0 fully saturated rings. The van der Waals surface area contributed by atoms with E-state index >= 15 is 0 Å². The number of hydrogen-bond acceptors (Lipinski definition) is 1. The van der Waals surface area contributed by atoms with Crippen LogP contribution in [0.25, 0.3) is 0 Å². The van der Waals surface area contributed by atoms with E-state index in [0.29, 0.717) is 0 Å². The van der Waals surface area contributed by atoms with Crippen molar-refractivity contribution < 1.29 is 0 Å². The van der Waals surface area contributed by atoms with Crippen LogP contribution >= 0.6 is 11.6 Å². The van der Waals surface area contributed by atoms with Gasteiger partial charge in [0.2, 0.25) is 0 Å². The Kier molecular flexibility index (Phi) is 6.42. The fraction of sp³-hybridized carbons (Fsp3) is 0.583. The first kappa shape index (κ1) is 11.5. The van der Waals surface area contributed by atoms with Gasteiger partial charge in [0, 0.05) is 18.3 Å². The number of alkyl halides is 1. The number of halogens is 1. The van der Waals surface area contributed by atoms with Crippen LogP contribution in [0.2, 0.25) is 0 Å². The van der Waals surface area contributed by atoms with Gasteiger partial charge in [-0.3, -0.25) is 4.98 Å². The Balaban J connectivity index is 1.99. The quantitative estimate of drug-likeness (QED) is 0.494. The van der Waals surface area contributed by atoms with Gasteiger partial charge < -0.3 is 0 Å². The van der Waals surface area contributed by atoms with Gasteiger partial charge in [-0.15, -0.1) is 11.6 Å². The Morgan fingerprint density at radius 3 is 2.29 bits per heavy atom. The summed E-state index contributed by atoms with van der Waals surface area (Å²) in [5, 5.41) is 0. The van der Waals surface area contributed by atoms with Crippen LogP contribution in [0.3, 0.4) is 0 Å². The lowest BCUT2D eigenvalue weighted by Crippen LogP contribution is -1.86. The molecule has 1 nitrogen and oxygen atoms in total. The molecule has 0 saturated heterocycles. The molecule has 1 aromatic rings. The molecule has 0 radical (unpaired) electrons. The summed E-state index contributed by atoms with van der Waals surface area (Å²) in [4.78, 5) is 4.00. The molecule has 0 N–H and O–H groups in total. The van der Waals surface area contributed by atoms with Gasteiger partial charge in [-0.05, 0) is 37.0 Å². The molecule has 1 aromatic heterocycles. The van der Waals surface area contributed by atoms with Crippen LogP contribution in [0.1, 0.15) is 37.7 Å². The molecule has 0 spiro atoms. The molecule has 0 atom stereocenters. The predicted octanol–water partition coefficient (Wildman–Crippen LogP) is 3.81. The Hall–Kier alpha value is -0.560. The summed E-state index contributed by atoms with van der Waals surface area (Å²) in [5.74, 6) is 0.810. The second-order valence-electron chi connectivity index (χ2n) is 3.56. The van der Waals surface area contributed by atoms with Crippen LogP contribution in [0.4, 0.5) is 0 Å². The second-order valence-corrected chi connectivity index (χ2v) is 3.94. The largest absolute Gasteiger partial charge is 0.265 e. The van der Waals surface area contributed by atoms with Crippen molar-refractivity contribution in [2.45, 2.75) is 38.5 Å². The van der Waals surface area contributed by atoms with Gasteiger partial charge in [-0.2, -0.15) is 0 Å². The number of aryl methyl sites for hydroxylation is 1. The van der Waals surface area contributed by atoms with Gasteiger partial charge in [0.05, 0.1) is 0 Å². The monoisotopic (exact) mass is 211 g/mol. The summed E-state index contributed by atoms with van der Waals surface area (Å²) < 4.78 is 0. The van der Waals surface area contributed by atoms with Crippen molar-refractivity contribution in [1.82, 2.24) is 4.98 Å². The van der Waals surface area contributed by atoms with Gasteiger partial charge in [0.15, 0.2) is 0 Å². The van der Waals surface area contributed by atoms with Crippen molar-refractivity contribution in [2.24, 2.45) is 0 Å². The van der Waals surface area contributed by atoms with Crippen LogP contribution in [0, 0.1) is 0 Å². The predicted molar refractivity (Wildman–Crippen MR) is 61.7 cm³/mol. The summed E-state index contributed by atoms with van der Waals surface area (Å²) in [5.41, 5.74) is 1.40. The first-order chi connectivity index (χ1) is 6.93. The lowest BCUT2D eigenvalue weighted by molar-refractivity contribution is 0.633. The highest BCUT2D eigenvalue weighted by Gasteiger charge is 1.92. The van der Waals surface area contributed by atoms with Crippen LogP contribution in [0.15, 0.2) is 24.5 Å². The van der Waals surface area contributed by atoms with Gasteiger partial charge in [0.1, 0.15) is 0 Å².